The minimum Gasteiger partial charge on any atom is -0.493 e. The van der Waals surface area contributed by atoms with Gasteiger partial charge in [0.15, 0.2) is 17.6 Å². The highest BCUT2D eigenvalue weighted by Gasteiger charge is 2.22. The van der Waals surface area contributed by atoms with Crippen LogP contribution in [0.1, 0.15) is 24.5 Å². The van der Waals surface area contributed by atoms with Crippen molar-refractivity contribution < 1.29 is 28.5 Å². The van der Waals surface area contributed by atoms with Crippen LogP contribution < -0.4 is 14.2 Å². The summed E-state index contributed by atoms with van der Waals surface area (Å²) in [5.41, 5.74) is 1.84. The maximum atomic E-state index is 12.5. The van der Waals surface area contributed by atoms with Gasteiger partial charge in [-0.2, -0.15) is 0 Å². The van der Waals surface area contributed by atoms with E-state index in [4.69, 9.17) is 18.9 Å². The fraction of sp³-hybridized carbons (Fsp3) is 0.391. The van der Waals surface area contributed by atoms with E-state index in [0.717, 1.165) is 11.1 Å². The van der Waals surface area contributed by atoms with Gasteiger partial charge in [0.05, 0.1) is 21.3 Å². The molecule has 7 nitrogen and oxygen atoms in total. The minimum atomic E-state index is -0.855. The molecule has 0 spiro atoms. The molecule has 0 heterocycles. The Labute approximate surface area is 177 Å². The van der Waals surface area contributed by atoms with Gasteiger partial charge in [-0.1, -0.05) is 30.3 Å². The molecule has 162 valence electrons. The Morgan fingerprint density at radius 3 is 2.07 bits per heavy atom. The lowest BCUT2D eigenvalue weighted by Crippen LogP contribution is -2.37. The molecule has 2 aromatic carbocycles. The van der Waals surface area contributed by atoms with Crippen LogP contribution in [-0.2, 0) is 27.3 Å². The maximum Gasteiger partial charge on any atom is 0.306 e. The molecule has 0 fully saturated rings. The number of hydrogen-bond acceptors (Lipinski definition) is 6. The first-order valence-electron chi connectivity index (χ1n) is 9.66. The van der Waals surface area contributed by atoms with Crippen LogP contribution in [0.3, 0.4) is 0 Å². The lowest BCUT2D eigenvalue weighted by atomic mass is 10.1. The van der Waals surface area contributed by atoms with E-state index in [9.17, 15) is 9.59 Å². The second-order valence-corrected chi connectivity index (χ2v) is 6.85. The van der Waals surface area contributed by atoms with Crippen molar-refractivity contribution in [1.29, 1.82) is 0 Å². The zero-order chi connectivity index (χ0) is 22.1. The summed E-state index contributed by atoms with van der Waals surface area (Å²) in [6.07, 6.45) is -0.319. The zero-order valence-corrected chi connectivity index (χ0v) is 18.1. The first-order valence-corrected chi connectivity index (χ1v) is 9.66. The third-order valence-electron chi connectivity index (χ3n) is 4.64. The standard InChI is InChI=1S/C23H29NO6/c1-16(23(26)24(2)15-17-9-7-6-8-10-17)30-21(25)12-11-18-13-19(27-3)22(29-5)20(14-18)28-4/h6-10,13-14,16H,11-12,15H2,1-5H3/t16-/m1/s1. The van der Waals surface area contributed by atoms with Gasteiger partial charge >= 0.3 is 5.97 Å². The Hall–Kier alpha value is -3.22. The highest BCUT2D eigenvalue weighted by atomic mass is 16.5. The summed E-state index contributed by atoms with van der Waals surface area (Å²) in [5, 5.41) is 0. The molecule has 0 aliphatic rings. The Kier molecular flexibility index (Phi) is 8.53. The van der Waals surface area contributed by atoms with Gasteiger partial charge in [-0.15, -0.1) is 0 Å². The van der Waals surface area contributed by atoms with Gasteiger partial charge in [-0.05, 0) is 36.6 Å². The van der Waals surface area contributed by atoms with E-state index in [1.165, 1.54) is 21.3 Å². The normalized spacial score (nSPS) is 11.4. The molecule has 2 aromatic rings. The molecule has 7 heteroatoms. The van der Waals surface area contributed by atoms with E-state index in [1.54, 1.807) is 31.0 Å². The topological polar surface area (TPSA) is 74.3 Å². The highest BCUT2D eigenvalue weighted by Crippen LogP contribution is 2.38. The second kappa shape index (κ2) is 11.1. The zero-order valence-electron chi connectivity index (χ0n) is 18.1. The summed E-state index contributed by atoms with van der Waals surface area (Å²) in [5.74, 6) is 0.835. The van der Waals surface area contributed by atoms with E-state index in [-0.39, 0.29) is 12.3 Å². The molecule has 2 rings (SSSR count). The molecule has 0 unspecified atom stereocenters. The molecule has 0 bridgehead atoms. The van der Waals surface area contributed by atoms with Gasteiger partial charge in [-0.25, -0.2) is 0 Å². The molecule has 0 aromatic heterocycles. The Bertz CT molecular complexity index is 827. The van der Waals surface area contributed by atoms with Crippen molar-refractivity contribution in [1.82, 2.24) is 4.90 Å². The third kappa shape index (κ3) is 6.14. The van der Waals surface area contributed by atoms with Gasteiger partial charge in [0, 0.05) is 20.0 Å². The number of rotatable bonds is 10. The molecule has 0 saturated heterocycles. The monoisotopic (exact) mass is 415 g/mol. The third-order valence-corrected chi connectivity index (χ3v) is 4.64. The number of hydrogen-bond donors (Lipinski definition) is 0. The number of methoxy groups -OCH3 is 3. The number of benzene rings is 2. The molecular formula is C23H29NO6. The molecule has 0 N–H and O–H groups in total. The lowest BCUT2D eigenvalue weighted by Gasteiger charge is -2.21. The number of carbonyl (C=O) groups is 2. The quantitative estimate of drug-likeness (QED) is 0.555. The number of carbonyl (C=O) groups excluding carboxylic acids is 2. The molecule has 30 heavy (non-hydrogen) atoms. The predicted molar refractivity (Wildman–Crippen MR) is 113 cm³/mol. The van der Waals surface area contributed by atoms with Crippen molar-refractivity contribution in [2.45, 2.75) is 32.4 Å². The van der Waals surface area contributed by atoms with Crippen molar-refractivity contribution in [3.63, 3.8) is 0 Å². The maximum absolute atomic E-state index is 12.5. The first-order chi connectivity index (χ1) is 14.4. The lowest BCUT2D eigenvalue weighted by molar-refractivity contribution is -0.158. The first kappa shape index (κ1) is 23.1. The summed E-state index contributed by atoms with van der Waals surface area (Å²) in [7, 11) is 6.29. The SMILES string of the molecule is COc1cc(CCC(=O)O[C@H](C)C(=O)N(C)Cc2ccccc2)cc(OC)c1OC. The van der Waals surface area contributed by atoms with Crippen molar-refractivity contribution in [3.05, 3.63) is 53.6 Å². The highest BCUT2D eigenvalue weighted by molar-refractivity contribution is 5.83. The van der Waals surface area contributed by atoms with Crippen molar-refractivity contribution in [2.75, 3.05) is 28.4 Å². The number of nitrogens with zero attached hydrogens (tertiary/aromatic N) is 1. The van der Waals surface area contributed by atoms with Gasteiger partial charge < -0.3 is 23.8 Å². The van der Waals surface area contributed by atoms with Gasteiger partial charge in [0.2, 0.25) is 5.75 Å². The van der Waals surface area contributed by atoms with E-state index in [0.29, 0.717) is 30.2 Å². The van der Waals surface area contributed by atoms with E-state index < -0.39 is 12.1 Å². The molecule has 1 atom stereocenters. The Morgan fingerprint density at radius 2 is 1.53 bits per heavy atom. The van der Waals surface area contributed by atoms with Crippen LogP contribution in [0.4, 0.5) is 0 Å². The van der Waals surface area contributed by atoms with Crippen LogP contribution >= 0.6 is 0 Å². The number of ether oxygens (including phenoxy) is 4. The molecule has 0 aliphatic carbocycles. The molecule has 0 aliphatic heterocycles. The van der Waals surface area contributed by atoms with E-state index in [1.807, 2.05) is 30.3 Å². The van der Waals surface area contributed by atoms with Gasteiger partial charge in [0.25, 0.3) is 5.91 Å². The predicted octanol–water partition coefficient (Wildman–Crippen LogP) is 3.24. The molecule has 0 radical (unpaired) electrons. The van der Waals surface area contributed by atoms with Gasteiger partial charge in [-0.3, -0.25) is 9.59 Å². The molecule has 0 saturated carbocycles. The van der Waals surface area contributed by atoms with E-state index in [2.05, 4.69) is 0 Å². The van der Waals surface area contributed by atoms with Crippen LogP contribution in [0.25, 0.3) is 0 Å². The van der Waals surface area contributed by atoms with Crippen LogP contribution in [0.2, 0.25) is 0 Å². The largest absolute Gasteiger partial charge is 0.493 e. The fourth-order valence-corrected chi connectivity index (χ4v) is 3.08. The second-order valence-electron chi connectivity index (χ2n) is 6.85. The van der Waals surface area contributed by atoms with Crippen LogP contribution in [-0.4, -0.2) is 51.3 Å². The minimum absolute atomic E-state index is 0.124. The number of likely N-dealkylation sites (N-methyl/N-ethyl adjacent to an activating group) is 1. The van der Waals surface area contributed by atoms with Crippen LogP contribution in [0, 0.1) is 0 Å². The Balaban J connectivity index is 1.91. The van der Waals surface area contributed by atoms with Crippen molar-refractivity contribution in [3.8, 4) is 17.2 Å². The number of aryl methyl sites for hydroxylation is 1. The Morgan fingerprint density at radius 1 is 0.933 bits per heavy atom. The van der Waals surface area contributed by atoms with Gasteiger partial charge in [0.1, 0.15) is 0 Å². The van der Waals surface area contributed by atoms with Crippen LogP contribution in [0.5, 0.6) is 17.2 Å². The summed E-state index contributed by atoms with van der Waals surface area (Å²) in [4.78, 5) is 26.3. The van der Waals surface area contributed by atoms with Crippen molar-refractivity contribution in [2.24, 2.45) is 0 Å². The summed E-state index contributed by atoms with van der Waals surface area (Å²) < 4.78 is 21.3. The summed E-state index contributed by atoms with van der Waals surface area (Å²) >= 11 is 0. The molecular weight excluding hydrogens is 386 g/mol. The smallest absolute Gasteiger partial charge is 0.306 e. The average molecular weight is 415 g/mol. The summed E-state index contributed by atoms with van der Waals surface area (Å²) in [6.45, 7) is 2.04. The van der Waals surface area contributed by atoms with E-state index >= 15 is 0 Å². The van der Waals surface area contributed by atoms with Crippen LogP contribution in [0.15, 0.2) is 42.5 Å². The fourth-order valence-electron chi connectivity index (χ4n) is 3.08. The number of amides is 1. The summed E-state index contributed by atoms with van der Waals surface area (Å²) in [6, 6.07) is 13.2. The average Bonchev–Trinajstić information content (AvgIpc) is 2.76. The number of esters is 1. The van der Waals surface area contributed by atoms with Crippen molar-refractivity contribution >= 4 is 11.9 Å². The molecule has 1 amide bonds.